The molecule has 0 radical (unpaired) electrons. The van der Waals surface area contributed by atoms with E-state index in [9.17, 15) is 18.4 Å². The Balaban J connectivity index is 3.41. The highest BCUT2D eigenvalue weighted by molar-refractivity contribution is 5.93. The van der Waals surface area contributed by atoms with Crippen LogP contribution < -0.4 is 10.3 Å². The molecule has 0 unspecified atom stereocenters. The average molecular weight is 247 g/mol. The number of carbonyl (C=O) groups is 1. The van der Waals surface area contributed by atoms with Crippen molar-refractivity contribution in [3.05, 3.63) is 27.7 Å². The molecule has 1 aromatic heterocycles. The van der Waals surface area contributed by atoms with Crippen molar-refractivity contribution in [3.8, 4) is 5.75 Å². The fourth-order valence-electron chi connectivity index (χ4n) is 1.29. The molecule has 1 N–H and O–H groups in total. The van der Waals surface area contributed by atoms with E-state index in [1.165, 1.54) is 14.0 Å². The number of hydrogen-bond donors (Lipinski definition) is 1. The van der Waals surface area contributed by atoms with Gasteiger partial charge < -0.3 is 14.5 Å². The number of ether oxygens (including phenoxy) is 2. The molecular formula is C10H11F2NO4. The summed E-state index contributed by atoms with van der Waals surface area (Å²) < 4.78 is 34.7. The lowest BCUT2D eigenvalue weighted by atomic mass is 10.1. The van der Waals surface area contributed by atoms with Crippen LogP contribution >= 0.6 is 0 Å². The van der Waals surface area contributed by atoms with Crippen LogP contribution in [-0.4, -0.2) is 24.7 Å². The quantitative estimate of drug-likeness (QED) is 0.818. The molecule has 0 amide bonds. The van der Waals surface area contributed by atoms with E-state index >= 15 is 0 Å². The van der Waals surface area contributed by atoms with Gasteiger partial charge in [-0.25, -0.2) is 13.6 Å². The first-order valence-corrected chi connectivity index (χ1v) is 4.77. The summed E-state index contributed by atoms with van der Waals surface area (Å²) in [5.74, 6) is -1.20. The molecule has 0 atom stereocenters. The van der Waals surface area contributed by atoms with Gasteiger partial charge in [-0.1, -0.05) is 0 Å². The summed E-state index contributed by atoms with van der Waals surface area (Å²) in [6, 6.07) is 0.915. The lowest BCUT2D eigenvalue weighted by Gasteiger charge is -2.11. The zero-order chi connectivity index (χ0) is 13.0. The second-order valence-electron chi connectivity index (χ2n) is 3.01. The highest BCUT2D eigenvalue weighted by atomic mass is 19.3. The van der Waals surface area contributed by atoms with Crippen LogP contribution in [0, 0.1) is 0 Å². The number of methoxy groups -OCH3 is 1. The van der Waals surface area contributed by atoms with Gasteiger partial charge in [-0.2, -0.15) is 0 Å². The molecule has 7 heteroatoms. The van der Waals surface area contributed by atoms with Crippen molar-refractivity contribution in [3.63, 3.8) is 0 Å². The summed E-state index contributed by atoms with van der Waals surface area (Å²) in [5.41, 5.74) is -2.03. The lowest BCUT2D eigenvalue weighted by molar-refractivity contribution is 0.0509. The van der Waals surface area contributed by atoms with Crippen LogP contribution in [0.4, 0.5) is 8.78 Å². The normalized spacial score (nSPS) is 10.4. The molecule has 0 fully saturated rings. The van der Waals surface area contributed by atoms with E-state index in [4.69, 9.17) is 4.74 Å². The second kappa shape index (κ2) is 5.42. The number of esters is 1. The van der Waals surface area contributed by atoms with Crippen molar-refractivity contribution in [1.29, 1.82) is 0 Å². The molecule has 0 saturated heterocycles. The first kappa shape index (κ1) is 13.1. The summed E-state index contributed by atoms with van der Waals surface area (Å²) in [7, 11) is 1.17. The van der Waals surface area contributed by atoms with Gasteiger partial charge in [0.1, 0.15) is 17.0 Å². The van der Waals surface area contributed by atoms with Crippen LogP contribution in [0.15, 0.2) is 10.9 Å². The molecule has 1 aromatic rings. The minimum atomic E-state index is -3.00. The minimum Gasteiger partial charge on any atom is -0.496 e. The zero-order valence-corrected chi connectivity index (χ0v) is 9.25. The topological polar surface area (TPSA) is 68.4 Å². The Morgan fingerprint density at radius 1 is 1.53 bits per heavy atom. The number of carbonyl (C=O) groups excluding carboxylic acids is 1. The van der Waals surface area contributed by atoms with Gasteiger partial charge in [0, 0.05) is 6.07 Å². The Kier molecular flexibility index (Phi) is 4.19. The SMILES string of the molecule is CCOC(=O)c1c(OC)cc(=O)[nH]c1C(F)F. The Morgan fingerprint density at radius 2 is 2.18 bits per heavy atom. The maximum Gasteiger partial charge on any atom is 0.343 e. The van der Waals surface area contributed by atoms with Gasteiger partial charge >= 0.3 is 5.97 Å². The van der Waals surface area contributed by atoms with Crippen LogP contribution in [0.1, 0.15) is 29.4 Å². The lowest BCUT2D eigenvalue weighted by Crippen LogP contribution is -2.18. The van der Waals surface area contributed by atoms with Crippen LogP contribution in [0.3, 0.4) is 0 Å². The number of aromatic amines is 1. The Bertz CT molecular complexity index is 470. The van der Waals surface area contributed by atoms with Crippen molar-refractivity contribution in [2.45, 2.75) is 13.3 Å². The van der Waals surface area contributed by atoms with Crippen molar-refractivity contribution in [2.75, 3.05) is 13.7 Å². The molecular weight excluding hydrogens is 236 g/mol. The van der Waals surface area contributed by atoms with Gasteiger partial charge in [0.15, 0.2) is 0 Å². The molecule has 0 bridgehead atoms. The van der Waals surface area contributed by atoms with Crippen LogP contribution in [0.5, 0.6) is 5.75 Å². The van der Waals surface area contributed by atoms with Crippen molar-refractivity contribution >= 4 is 5.97 Å². The third-order valence-electron chi connectivity index (χ3n) is 1.95. The molecule has 94 valence electrons. The minimum absolute atomic E-state index is 0.0315. The molecule has 1 heterocycles. The summed E-state index contributed by atoms with van der Waals surface area (Å²) >= 11 is 0. The van der Waals surface area contributed by atoms with E-state index < -0.39 is 29.2 Å². The number of H-pyrrole nitrogens is 1. The smallest absolute Gasteiger partial charge is 0.343 e. The molecule has 5 nitrogen and oxygen atoms in total. The third-order valence-corrected chi connectivity index (χ3v) is 1.95. The van der Waals surface area contributed by atoms with Gasteiger partial charge in [-0.15, -0.1) is 0 Å². The summed E-state index contributed by atoms with van der Waals surface area (Å²) in [6.07, 6.45) is -3.00. The van der Waals surface area contributed by atoms with Crippen LogP contribution in [0.2, 0.25) is 0 Å². The zero-order valence-electron chi connectivity index (χ0n) is 9.25. The highest BCUT2D eigenvalue weighted by Gasteiger charge is 2.25. The van der Waals surface area contributed by atoms with E-state index in [1.54, 1.807) is 0 Å². The molecule has 0 aromatic carbocycles. The van der Waals surface area contributed by atoms with Crippen molar-refractivity contribution < 1.29 is 23.0 Å². The maximum atomic E-state index is 12.7. The largest absolute Gasteiger partial charge is 0.496 e. The van der Waals surface area contributed by atoms with Crippen molar-refractivity contribution in [2.24, 2.45) is 0 Å². The number of aromatic nitrogens is 1. The first-order valence-electron chi connectivity index (χ1n) is 4.77. The fraction of sp³-hybridized carbons (Fsp3) is 0.400. The van der Waals surface area contributed by atoms with E-state index in [0.717, 1.165) is 6.07 Å². The summed E-state index contributed by atoms with van der Waals surface area (Å²) in [4.78, 5) is 24.5. The van der Waals surface area contributed by atoms with E-state index in [2.05, 4.69) is 4.74 Å². The van der Waals surface area contributed by atoms with E-state index in [-0.39, 0.29) is 12.4 Å². The number of halogens is 2. The van der Waals surface area contributed by atoms with Gasteiger partial charge in [0.2, 0.25) is 0 Å². The predicted octanol–water partition coefficient (Wildman–Crippen LogP) is 1.50. The number of hydrogen-bond acceptors (Lipinski definition) is 4. The van der Waals surface area contributed by atoms with E-state index in [0.29, 0.717) is 0 Å². The van der Waals surface area contributed by atoms with Crippen LogP contribution in [0.25, 0.3) is 0 Å². The van der Waals surface area contributed by atoms with Gasteiger partial charge in [0.05, 0.1) is 13.7 Å². The number of rotatable bonds is 4. The first-order chi connectivity index (χ1) is 8.01. The Morgan fingerprint density at radius 3 is 2.65 bits per heavy atom. The molecule has 1 rings (SSSR count). The third kappa shape index (κ3) is 2.80. The number of alkyl halides is 2. The number of nitrogens with one attached hydrogen (secondary N) is 1. The molecule has 0 aliphatic rings. The van der Waals surface area contributed by atoms with Crippen LogP contribution in [-0.2, 0) is 4.74 Å². The summed E-state index contributed by atoms with van der Waals surface area (Å²) in [5, 5.41) is 0. The van der Waals surface area contributed by atoms with Gasteiger partial charge in [0.25, 0.3) is 12.0 Å². The van der Waals surface area contributed by atoms with Crippen molar-refractivity contribution in [1.82, 2.24) is 4.98 Å². The Hall–Kier alpha value is -1.92. The molecule has 0 spiro atoms. The van der Waals surface area contributed by atoms with Gasteiger partial charge in [-0.3, -0.25) is 4.79 Å². The average Bonchev–Trinajstić information content (AvgIpc) is 2.27. The van der Waals surface area contributed by atoms with E-state index in [1.807, 2.05) is 4.98 Å². The molecule has 0 aliphatic heterocycles. The Labute approximate surface area is 95.4 Å². The molecule has 0 saturated carbocycles. The maximum absolute atomic E-state index is 12.7. The highest BCUT2D eigenvalue weighted by Crippen LogP contribution is 2.27. The fourth-order valence-corrected chi connectivity index (χ4v) is 1.29. The molecule has 0 aliphatic carbocycles. The standard InChI is InChI=1S/C10H11F2NO4/c1-3-17-10(15)7-5(16-2)4-6(14)13-8(7)9(11)12/h4,9H,3H2,1-2H3,(H,13,14). The number of pyridine rings is 1. The molecule has 17 heavy (non-hydrogen) atoms. The van der Waals surface area contributed by atoms with Gasteiger partial charge in [-0.05, 0) is 6.92 Å². The summed E-state index contributed by atoms with van der Waals surface area (Å²) in [6.45, 7) is 1.57. The predicted molar refractivity (Wildman–Crippen MR) is 54.5 cm³/mol. The second-order valence-corrected chi connectivity index (χ2v) is 3.01. The monoisotopic (exact) mass is 247 g/mol.